The summed E-state index contributed by atoms with van der Waals surface area (Å²) in [5.74, 6) is 0.646. The number of halogens is 4. The summed E-state index contributed by atoms with van der Waals surface area (Å²) < 4.78 is 37.4. The van der Waals surface area contributed by atoms with Crippen molar-refractivity contribution in [2.24, 2.45) is 0 Å². The number of alkyl halides is 3. The number of aromatic nitrogens is 1. The lowest BCUT2D eigenvalue weighted by molar-refractivity contribution is -0.137. The van der Waals surface area contributed by atoms with Crippen LogP contribution in [0.15, 0.2) is 47.6 Å². The van der Waals surface area contributed by atoms with E-state index in [0.29, 0.717) is 17.3 Å². The Bertz CT molecular complexity index is 591. The van der Waals surface area contributed by atoms with E-state index in [4.69, 9.17) is 11.6 Å². The largest absolute Gasteiger partial charge is 0.417 e. The fourth-order valence-corrected chi connectivity index (χ4v) is 2.64. The lowest BCUT2D eigenvalue weighted by Gasteiger charge is -2.09. The van der Waals surface area contributed by atoms with E-state index in [1.54, 1.807) is 0 Å². The molecule has 2 nitrogen and oxygen atoms in total. The Morgan fingerprint density at radius 3 is 2.52 bits per heavy atom. The van der Waals surface area contributed by atoms with E-state index in [-0.39, 0.29) is 5.02 Å². The monoisotopic (exact) mass is 332 g/mol. The number of nitrogens with one attached hydrogen (secondary N) is 1. The smallest absolute Gasteiger partial charge is 0.384 e. The number of thioether (sulfide) groups is 1. The first kappa shape index (κ1) is 16.0. The Morgan fingerprint density at radius 1 is 1.19 bits per heavy atom. The van der Waals surface area contributed by atoms with Gasteiger partial charge in [0.15, 0.2) is 0 Å². The van der Waals surface area contributed by atoms with Gasteiger partial charge in [-0.1, -0.05) is 29.8 Å². The number of para-hydroxylation sites is 1. The summed E-state index contributed by atoms with van der Waals surface area (Å²) in [4.78, 5) is 3.77. The van der Waals surface area contributed by atoms with Crippen molar-refractivity contribution >= 4 is 29.1 Å². The van der Waals surface area contributed by atoms with E-state index in [0.717, 1.165) is 18.0 Å². The summed E-state index contributed by atoms with van der Waals surface area (Å²) in [6.45, 7) is 0.660. The molecule has 0 saturated carbocycles. The van der Waals surface area contributed by atoms with Gasteiger partial charge < -0.3 is 5.32 Å². The highest BCUT2D eigenvalue weighted by molar-refractivity contribution is 7.99. The Kier molecular flexibility index (Phi) is 5.36. The summed E-state index contributed by atoms with van der Waals surface area (Å²) in [7, 11) is 0. The normalized spacial score (nSPS) is 11.4. The van der Waals surface area contributed by atoms with Gasteiger partial charge in [-0.15, -0.1) is 11.8 Å². The van der Waals surface area contributed by atoms with Crippen molar-refractivity contribution in [1.29, 1.82) is 0 Å². The van der Waals surface area contributed by atoms with E-state index < -0.39 is 11.7 Å². The molecule has 112 valence electrons. The third-order valence-electron chi connectivity index (χ3n) is 2.58. The Hall–Kier alpha value is -1.40. The summed E-state index contributed by atoms with van der Waals surface area (Å²) in [6.07, 6.45) is -3.62. The third-order valence-corrected chi connectivity index (χ3v) is 3.99. The molecule has 2 rings (SSSR count). The second-order valence-electron chi connectivity index (χ2n) is 4.15. The molecule has 0 saturated heterocycles. The van der Waals surface area contributed by atoms with Crippen molar-refractivity contribution in [3.8, 4) is 0 Å². The van der Waals surface area contributed by atoms with Gasteiger partial charge in [0.25, 0.3) is 0 Å². The first-order chi connectivity index (χ1) is 9.97. The molecule has 0 spiro atoms. The zero-order valence-electron chi connectivity index (χ0n) is 10.8. The van der Waals surface area contributed by atoms with E-state index in [1.165, 1.54) is 11.8 Å². The second-order valence-corrected chi connectivity index (χ2v) is 5.64. The molecule has 0 unspecified atom stereocenters. The number of nitrogens with zero attached hydrogens (tertiary/aromatic N) is 1. The molecule has 21 heavy (non-hydrogen) atoms. The molecule has 0 atom stereocenters. The van der Waals surface area contributed by atoms with Crippen LogP contribution in [0.5, 0.6) is 0 Å². The van der Waals surface area contributed by atoms with Crippen molar-refractivity contribution in [1.82, 2.24) is 4.98 Å². The molecule has 0 bridgehead atoms. The topological polar surface area (TPSA) is 24.9 Å². The summed E-state index contributed by atoms with van der Waals surface area (Å²) in [5.41, 5.74) is 0.156. The molecular weight excluding hydrogens is 321 g/mol. The van der Waals surface area contributed by atoms with Gasteiger partial charge in [0, 0.05) is 24.2 Å². The molecule has 1 aromatic heterocycles. The van der Waals surface area contributed by atoms with Gasteiger partial charge in [0.05, 0.1) is 10.6 Å². The molecule has 2 aromatic rings. The van der Waals surface area contributed by atoms with Crippen LogP contribution in [0.25, 0.3) is 0 Å². The zero-order valence-corrected chi connectivity index (χ0v) is 12.4. The fourth-order valence-electron chi connectivity index (χ4n) is 1.59. The molecule has 0 amide bonds. The molecule has 1 heterocycles. The number of hydrogen-bond acceptors (Lipinski definition) is 3. The first-order valence-corrected chi connectivity index (χ1v) is 7.47. The maximum Gasteiger partial charge on any atom is 0.417 e. The van der Waals surface area contributed by atoms with Crippen molar-refractivity contribution in [3.05, 3.63) is 53.2 Å². The quantitative estimate of drug-likeness (QED) is 0.619. The molecule has 7 heteroatoms. The predicted molar refractivity (Wildman–Crippen MR) is 79.9 cm³/mol. The predicted octanol–water partition coefficient (Wildman–Crippen LogP) is 4.96. The lowest BCUT2D eigenvalue weighted by Crippen LogP contribution is -2.06. The van der Waals surface area contributed by atoms with Crippen LogP contribution in [-0.4, -0.2) is 17.3 Å². The highest BCUT2D eigenvalue weighted by Crippen LogP contribution is 2.33. The van der Waals surface area contributed by atoms with Crippen molar-refractivity contribution < 1.29 is 13.2 Å². The van der Waals surface area contributed by atoms with Crippen LogP contribution in [0.3, 0.4) is 0 Å². The van der Waals surface area contributed by atoms with Crippen molar-refractivity contribution in [2.45, 2.75) is 11.2 Å². The van der Waals surface area contributed by atoms with Gasteiger partial charge in [-0.2, -0.15) is 13.2 Å². The van der Waals surface area contributed by atoms with Gasteiger partial charge in [0.2, 0.25) is 0 Å². The molecule has 0 fully saturated rings. The minimum Gasteiger partial charge on any atom is -0.384 e. The average molecular weight is 333 g/mol. The minimum absolute atomic E-state index is 0.0227. The molecule has 0 aliphatic heterocycles. The van der Waals surface area contributed by atoms with E-state index >= 15 is 0 Å². The summed E-state index contributed by atoms with van der Waals surface area (Å²) >= 11 is 7.14. The zero-order chi connectivity index (χ0) is 15.3. The standard InChI is InChI=1S/C14H12ClF3N2S/c15-12-8-10(14(16,17)18)9-20-13(12)21-7-6-19-11-4-2-1-3-5-11/h1-5,8-9,19H,6-7H2. The number of anilines is 1. The highest BCUT2D eigenvalue weighted by Gasteiger charge is 2.31. The van der Waals surface area contributed by atoms with Gasteiger partial charge in [-0.25, -0.2) is 4.98 Å². The maximum atomic E-state index is 12.5. The number of rotatable bonds is 5. The molecule has 1 N–H and O–H groups in total. The van der Waals surface area contributed by atoms with Gasteiger partial charge in [0.1, 0.15) is 5.03 Å². The fraction of sp³-hybridized carbons (Fsp3) is 0.214. The highest BCUT2D eigenvalue weighted by atomic mass is 35.5. The van der Waals surface area contributed by atoms with Crippen LogP contribution in [0.4, 0.5) is 18.9 Å². The van der Waals surface area contributed by atoms with Crippen LogP contribution in [0, 0.1) is 0 Å². The summed E-state index contributed by atoms with van der Waals surface area (Å²) in [6, 6.07) is 10.5. The lowest BCUT2D eigenvalue weighted by atomic mass is 10.3. The molecular formula is C14H12ClF3N2S. The Balaban J connectivity index is 1.86. The number of benzene rings is 1. The minimum atomic E-state index is -4.42. The van der Waals surface area contributed by atoms with Gasteiger partial charge in [-0.3, -0.25) is 0 Å². The Morgan fingerprint density at radius 2 is 1.90 bits per heavy atom. The van der Waals surface area contributed by atoms with Crippen LogP contribution in [0.2, 0.25) is 5.02 Å². The van der Waals surface area contributed by atoms with Crippen molar-refractivity contribution in [2.75, 3.05) is 17.6 Å². The van der Waals surface area contributed by atoms with Gasteiger partial charge in [-0.05, 0) is 18.2 Å². The molecule has 1 aromatic carbocycles. The van der Waals surface area contributed by atoms with E-state index in [1.807, 2.05) is 30.3 Å². The average Bonchev–Trinajstić information content (AvgIpc) is 2.45. The maximum absolute atomic E-state index is 12.5. The van der Waals surface area contributed by atoms with Crippen LogP contribution < -0.4 is 5.32 Å². The first-order valence-electron chi connectivity index (χ1n) is 6.11. The number of hydrogen-bond donors (Lipinski definition) is 1. The molecule has 0 aliphatic rings. The van der Waals surface area contributed by atoms with Crippen LogP contribution >= 0.6 is 23.4 Å². The van der Waals surface area contributed by atoms with Gasteiger partial charge >= 0.3 is 6.18 Å². The SMILES string of the molecule is FC(F)(F)c1cnc(SCCNc2ccccc2)c(Cl)c1. The van der Waals surface area contributed by atoms with Crippen LogP contribution in [0.1, 0.15) is 5.56 Å². The molecule has 0 aliphatic carbocycles. The Labute approximate surface area is 129 Å². The van der Waals surface area contributed by atoms with Crippen LogP contribution in [-0.2, 0) is 6.18 Å². The van der Waals surface area contributed by atoms with Crippen molar-refractivity contribution in [3.63, 3.8) is 0 Å². The third kappa shape index (κ3) is 4.82. The summed E-state index contributed by atoms with van der Waals surface area (Å²) in [5, 5.41) is 3.62. The molecule has 0 radical (unpaired) electrons. The van der Waals surface area contributed by atoms with E-state index in [9.17, 15) is 13.2 Å². The van der Waals surface area contributed by atoms with E-state index in [2.05, 4.69) is 10.3 Å². The second kappa shape index (κ2) is 7.04. The number of pyridine rings is 1.